The Morgan fingerprint density at radius 2 is 2.32 bits per heavy atom. The Morgan fingerprint density at radius 1 is 1.42 bits per heavy atom. The summed E-state index contributed by atoms with van der Waals surface area (Å²) in [6.45, 7) is 6.59. The zero-order valence-corrected chi connectivity index (χ0v) is 11.0. The van der Waals surface area contributed by atoms with Crippen molar-refractivity contribution >= 4 is 0 Å². The third-order valence-corrected chi connectivity index (χ3v) is 3.52. The van der Waals surface area contributed by atoms with Gasteiger partial charge in [0, 0.05) is 32.4 Å². The van der Waals surface area contributed by atoms with Gasteiger partial charge >= 0.3 is 0 Å². The van der Waals surface area contributed by atoms with Crippen LogP contribution in [0.25, 0.3) is 0 Å². The van der Waals surface area contributed by atoms with Crippen molar-refractivity contribution in [3.05, 3.63) is 35.7 Å². The molecule has 0 amide bonds. The number of nitriles is 1. The van der Waals surface area contributed by atoms with Gasteiger partial charge in [0.05, 0.1) is 24.3 Å². The summed E-state index contributed by atoms with van der Waals surface area (Å²) in [7, 11) is 0. The Bertz CT molecular complexity index is 617. The maximum absolute atomic E-state index is 8.88. The Kier molecular flexibility index (Phi) is 3.05. The molecule has 0 atom stereocenters. The standard InChI is InChI=1S/C13H16N6/c1-2-18-10-15-7-13(18)9-17-3-4-19-12(8-17)5-11(6-14)16-19/h5,7,10H,2-4,8-9H2,1H3. The SMILES string of the molecule is CCn1cncc1CN1CCn2nc(C#N)cc2C1. The molecule has 6 heteroatoms. The normalized spacial score (nSPS) is 15.2. The van der Waals surface area contributed by atoms with Crippen LogP contribution in [0.5, 0.6) is 0 Å². The maximum atomic E-state index is 8.88. The van der Waals surface area contributed by atoms with Crippen LogP contribution in [-0.2, 0) is 26.2 Å². The molecule has 0 bridgehead atoms. The van der Waals surface area contributed by atoms with E-state index in [0.29, 0.717) is 5.69 Å². The van der Waals surface area contributed by atoms with Crippen molar-refractivity contribution in [2.75, 3.05) is 6.54 Å². The van der Waals surface area contributed by atoms with E-state index >= 15 is 0 Å². The molecule has 2 aromatic rings. The van der Waals surface area contributed by atoms with Gasteiger partial charge in [-0.25, -0.2) is 4.98 Å². The van der Waals surface area contributed by atoms with Crippen molar-refractivity contribution in [3.63, 3.8) is 0 Å². The first kappa shape index (κ1) is 11.9. The van der Waals surface area contributed by atoms with Crippen LogP contribution in [0.1, 0.15) is 24.0 Å². The van der Waals surface area contributed by atoms with Crippen LogP contribution in [0.3, 0.4) is 0 Å². The molecule has 0 saturated heterocycles. The van der Waals surface area contributed by atoms with Crippen LogP contribution in [0.4, 0.5) is 0 Å². The highest BCUT2D eigenvalue weighted by Crippen LogP contribution is 2.15. The van der Waals surface area contributed by atoms with Crippen LogP contribution in [0, 0.1) is 11.3 Å². The predicted molar refractivity (Wildman–Crippen MR) is 69.0 cm³/mol. The fraction of sp³-hybridized carbons (Fsp3) is 0.462. The number of fused-ring (bicyclic) bond motifs is 1. The highest BCUT2D eigenvalue weighted by atomic mass is 15.3. The summed E-state index contributed by atoms with van der Waals surface area (Å²) in [4.78, 5) is 6.56. The average Bonchev–Trinajstić information content (AvgIpc) is 3.03. The first-order valence-corrected chi connectivity index (χ1v) is 6.48. The van der Waals surface area contributed by atoms with E-state index in [1.54, 1.807) is 0 Å². The first-order valence-electron chi connectivity index (χ1n) is 6.48. The molecule has 6 nitrogen and oxygen atoms in total. The molecule has 0 radical (unpaired) electrons. The Labute approximate surface area is 111 Å². The van der Waals surface area contributed by atoms with E-state index in [0.717, 1.165) is 38.4 Å². The third-order valence-electron chi connectivity index (χ3n) is 3.52. The third kappa shape index (κ3) is 2.25. The first-order chi connectivity index (χ1) is 9.30. The summed E-state index contributed by atoms with van der Waals surface area (Å²) < 4.78 is 4.10. The Morgan fingerprint density at radius 3 is 3.11 bits per heavy atom. The van der Waals surface area contributed by atoms with E-state index in [-0.39, 0.29) is 0 Å². The summed E-state index contributed by atoms with van der Waals surface area (Å²) >= 11 is 0. The zero-order chi connectivity index (χ0) is 13.2. The lowest BCUT2D eigenvalue weighted by atomic mass is 10.2. The predicted octanol–water partition coefficient (Wildman–Crippen LogP) is 0.987. The van der Waals surface area contributed by atoms with E-state index in [9.17, 15) is 0 Å². The van der Waals surface area contributed by atoms with Crippen LogP contribution >= 0.6 is 0 Å². The second-order valence-electron chi connectivity index (χ2n) is 4.74. The van der Waals surface area contributed by atoms with E-state index in [4.69, 9.17) is 5.26 Å². The number of rotatable bonds is 3. The molecule has 0 unspecified atom stereocenters. The second-order valence-corrected chi connectivity index (χ2v) is 4.74. The average molecular weight is 256 g/mol. The lowest BCUT2D eigenvalue weighted by Crippen LogP contribution is -2.33. The number of hydrogen-bond donors (Lipinski definition) is 0. The summed E-state index contributed by atoms with van der Waals surface area (Å²) in [6.07, 6.45) is 3.80. The molecule has 98 valence electrons. The molecule has 0 saturated carbocycles. The van der Waals surface area contributed by atoms with Gasteiger partial charge in [0.2, 0.25) is 0 Å². The van der Waals surface area contributed by atoms with Gasteiger partial charge in [-0.3, -0.25) is 9.58 Å². The highest BCUT2D eigenvalue weighted by molar-refractivity contribution is 5.23. The molecular weight excluding hydrogens is 240 g/mol. The Balaban J connectivity index is 1.74. The molecule has 0 aromatic carbocycles. The van der Waals surface area contributed by atoms with Crippen LogP contribution in [-0.4, -0.2) is 30.8 Å². The van der Waals surface area contributed by atoms with Crippen molar-refractivity contribution in [2.24, 2.45) is 0 Å². The molecule has 3 rings (SSSR count). The highest BCUT2D eigenvalue weighted by Gasteiger charge is 2.19. The summed E-state index contributed by atoms with van der Waals surface area (Å²) in [6, 6.07) is 3.98. The minimum Gasteiger partial charge on any atom is -0.334 e. The Hall–Kier alpha value is -2.13. The molecule has 3 heterocycles. The molecule has 2 aromatic heterocycles. The van der Waals surface area contributed by atoms with Crippen molar-refractivity contribution in [3.8, 4) is 6.07 Å². The van der Waals surface area contributed by atoms with Gasteiger partial charge in [0.25, 0.3) is 0 Å². The van der Waals surface area contributed by atoms with Gasteiger partial charge in [-0.2, -0.15) is 10.4 Å². The number of hydrogen-bond acceptors (Lipinski definition) is 4. The van der Waals surface area contributed by atoms with E-state index in [1.165, 1.54) is 5.69 Å². The van der Waals surface area contributed by atoms with Crippen LogP contribution in [0.2, 0.25) is 0 Å². The monoisotopic (exact) mass is 256 g/mol. The van der Waals surface area contributed by atoms with Crippen molar-refractivity contribution in [1.82, 2.24) is 24.2 Å². The fourth-order valence-corrected chi connectivity index (χ4v) is 2.50. The number of aryl methyl sites for hydroxylation is 1. The van der Waals surface area contributed by atoms with Crippen LogP contribution in [0.15, 0.2) is 18.6 Å². The fourth-order valence-electron chi connectivity index (χ4n) is 2.50. The summed E-state index contributed by atoms with van der Waals surface area (Å²) in [5.74, 6) is 0. The summed E-state index contributed by atoms with van der Waals surface area (Å²) in [5, 5.41) is 13.1. The molecule has 0 fully saturated rings. The van der Waals surface area contributed by atoms with Gasteiger partial charge in [-0.15, -0.1) is 0 Å². The minimum atomic E-state index is 0.510. The molecule has 0 aliphatic carbocycles. The van der Waals surface area contributed by atoms with Gasteiger partial charge < -0.3 is 4.57 Å². The number of imidazole rings is 1. The van der Waals surface area contributed by atoms with E-state index < -0.39 is 0 Å². The van der Waals surface area contributed by atoms with E-state index in [1.807, 2.05) is 23.3 Å². The molecule has 0 N–H and O–H groups in total. The summed E-state index contributed by atoms with van der Waals surface area (Å²) in [5.41, 5.74) is 2.86. The number of aromatic nitrogens is 4. The molecule has 19 heavy (non-hydrogen) atoms. The largest absolute Gasteiger partial charge is 0.334 e. The molecular formula is C13H16N6. The zero-order valence-electron chi connectivity index (χ0n) is 11.0. The van der Waals surface area contributed by atoms with Gasteiger partial charge in [-0.1, -0.05) is 0 Å². The van der Waals surface area contributed by atoms with Gasteiger partial charge in [0.15, 0.2) is 5.69 Å². The van der Waals surface area contributed by atoms with Crippen LogP contribution < -0.4 is 0 Å². The smallest absolute Gasteiger partial charge is 0.162 e. The van der Waals surface area contributed by atoms with Crippen molar-refractivity contribution in [1.29, 1.82) is 5.26 Å². The van der Waals surface area contributed by atoms with E-state index in [2.05, 4.69) is 32.5 Å². The van der Waals surface area contributed by atoms with Crippen molar-refractivity contribution in [2.45, 2.75) is 33.1 Å². The second kappa shape index (κ2) is 4.86. The van der Waals surface area contributed by atoms with Gasteiger partial charge in [0.1, 0.15) is 6.07 Å². The minimum absolute atomic E-state index is 0.510. The molecule has 1 aliphatic rings. The maximum Gasteiger partial charge on any atom is 0.162 e. The van der Waals surface area contributed by atoms with Gasteiger partial charge in [-0.05, 0) is 13.0 Å². The van der Waals surface area contributed by atoms with Crippen molar-refractivity contribution < 1.29 is 0 Å². The topological polar surface area (TPSA) is 62.7 Å². The lowest BCUT2D eigenvalue weighted by Gasteiger charge is -2.27. The number of nitrogens with zero attached hydrogens (tertiary/aromatic N) is 6. The molecule has 0 spiro atoms. The lowest BCUT2D eigenvalue weighted by molar-refractivity contribution is 0.200. The quantitative estimate of drug-likeness (QED) is 0.821. The molecule has 1 aliphatic heterocycles.